The van der Waals surface area contributed by atoms with Gasteiger partial charge in [-0.05, 0) is 18.2 Å². The zero-order valence-electron chi connectivity index (χ0n) is 10.6. The highest BCUT2D eigenvalue weighted by Gasteiger charge is 2.15. The second kappa shape index (κ2) is 4.76. The quantitative estimate of drug-likeness (QED) is 0.774. The third-order valence-corrected chi connectivity index (χ3v) is 3.12. The molecule has 0 unspecified atom stereocenters. The van der Waals surface area contributed by atoms with Crippen molar-refractivity contribution in [3.05, 3.63) is 30.2 Å². The third-order valence-electron chi connectivity index (χ3n) is 3.12. The molecule has 0 spiro atoms. The molecule has 0 fully saturated rings. The molecule has 2 heterocycles. The summed E-state index contributed by atoms with van der Waals surface area (Å²) < 4.78 is 12.9. The normalized spacial score (nSPS) is 13.9. The summed E-state index contributed by atoms with van der Waals surface area (Å²) in [6.07, 6.45) is 3.31. The van der Waals surface area contributed by atoms with Gasteiger partial charge in [-0.2, -0.15) is 0 Å². The molecule has 0 saturated carbocycles. The fourth-order valence-electron chi connectivity index (χ4n) is 2.11. The number of rotatable bonds is 2. The second-order valence-corrected chi connectivity index (χ2v) is 4.42. The van der Waals surface area contributed by atoms with Crippen molar-refractivity contribution in [3.63, 3.8) is 0 Å². The first-order valence-electron chi connectivity index (χ1n) is 6.16. The molecule has 5 heteroatoms. The van der Waals surface area contributed by atoms with E-state index in [1.54, 1.807) is 17.9 Å². The summed E-state index contributed by atoms with van der Waals surface area (Å²) >= 11 is 0. The minimum Gasteiger partial charge on any atom is -0.490 e. The van der Waals surface area contributed by atoms with E-state index in [2.05, 4.69) is 4.98 Å². The Labute approximate surface area is 110 Å². The van der Waals surface area contributed by atoms with Crippen LogP contribution in [0.3, 0.4) is 0 Å². The van der Waals surface area contributed by atoms with Crippen LogP contribution in [0.4, 0.5) is 0 Å². The first-order chi connectivity index (χ1) is 9.29. The van der Waals surface area contributed by atoms with Gasteiger partial charge in [0.15, 0.2) is 17.8 Å². The first-order valence-corrected chi connectivity index (χ1v) is 6.16. The molecule has 0 N–H and O–H groups in total. The Morgan fingerprint density at radius 3 is 2.84 bits per heavy atom. The van der Waals surface area contributed by atoms with Crippen LogP contribution in [0.15, 0.2) is 24.5 Å². The number of aromatic nitrogens is 2. The third kappa shape index (κ3) is 2.07. The van der Waals surface area contributed by atoms with Crippen molar-refractivity contribution in [2.24, 2.45) is 7.05 Å². The molecule has 0 atom stereocenters. The first kappa shape index (κ1) is 11.8. The Morgan fingerprint density at radius 2 is 2.05 bits per heavy atom. The van der Waals surface area contributed by atoms with Crippen LogP contribution < -0.4 is 9.47 Å². The molecule has 5 nitrogen and oxygen atoms in total. The van der Waals surface area contributed by atoms with Gasteiger partial charge in [-0.3, -0.25) is 4.79 Å². The number of hydrogen-bond donors (Lipinski definition) is 0. The minimum atomic E-state index is 0.550. The minimum absolute atomic E-state index is 0.550. The summed E-state index contributed by atoms with van der Waals surface area (Å²) in [5, 5.41) is 0. The van der Waals surface area contributed by atoms with E-state index in [0.29, 0.717) is 30.4 Å². The van der Waals surface area contributed by atoms with Crippen LogP contribution in [-0.4, -0.2) is 29.1 Å². The summed E-state index contributed by atoms with van der Waals surface area (Å²) in [6, 6.07) is 5.62. The molecular weight excluding hydrogens is 244 g/mol. The van der Waals surface area contributed by atoms with Crippen molar-refractivity contribution in [1.29, 1.82) is 0 Å². The van der Waals surface area contributed by atoms with Crippen molar-refractivity contribution in [1.82, 2.24) is 9.55 Å². The van der Waals surface area contributed by atoms with Crippen molar-refractivity contribution < 1.29 is 14.3 Å². The number of aryl methyl sites for hydroxylation is 1. The maximum atomic E-state index is 11.1. The number of ether oxygens (including phenoxy) is 2. The number of nitrogens with zero attached hydrogens (tertiary/aromatic N) is 2. The molecule has 1 aliphatic rings. The summed E-state index contributed by atoms with van der Waals surface area (Å²) in [5.41, 5.74) is 2.06. The van der Waals surface area contributed by atoms with Gasteiger partial charge in [0.1, 0.15) is 5.69 Å². The smallest absolute Gasteiger partial charge is 0.168 e. The Morgan fingerprint density at radius 1 is 1.26 bits per heavy atom. The Kier molecular flexibility index (Phi) is 2.95. The average molecular weight is 258 g/mol. The Balaban J connectivity index is 2.06. The highest BCUT2D eigenvalue weighted by atomic mass is 16.5. The average Bonchev–Trinajstić information content (AvgIpc) is 2.66. The lowest BCUT2D eigenvalue weighted by atomic mass is 10.1. The topological polar surface area (TPSA) is 53.4 Å². The largest absolute Gasteiger partial charge is 0.490 e. The predicted octanol–water partition coefficient (Wildman–Crippen LogP) is 2.06. The van der Waals surface area contributed by atoms with E-state index in [-0.39, 0.29) is 0 Å². The number of aldehydes is 1. The fraction of sp³-hybridized carbons (Fsp3) is 0.286. The van der Waals surface area contributed by atoms with Gasteiger partial charge in [0, 0.05) is 19.0 Å². The Bertz CT molecular complexity index is 619. The summed E-state index contributed by atoms with van der Waals surface area (Å²) in [4.78, 5) is 15.4. The molecule has 0 bridgehead atoms. The van der Waals surface area contributed by atoms with Gasteiger partial charge in [0.05, 0.1) is 25.2 Å². The number of benzene rings is 1. The van der Waals surface area contributed by atoms with Gasteiger partial charge in [-0.25, -0.2) is 4.98 Å². The van der Waals surface area contributed by atoms with E-state index in [9.17, 15) is 4.79 Å². The summed E-state index contributed by atoms with van der Waals surface area (Å²) in [5.74, 6) is 1.45. The monoisotopic (exact) mass is 258 g/mol. The molecule has 0 amide bonds. The summed E-state index contributed by atoms with van der Waals surface area (Å²) in [7, 11) is 1.79. The van der Waals surface area contributed by atoms with Crippen LogP contribution in [0.1, 0.15) is 16.9 Å². The molecule has 1 aliphatic heterocycles. The number of imidazole rings is 1. The standard InChI is InChI=1S/C14H14N2O3/c1-16-9-15-14(11(16)8-17)10-3-4-12-13(7-10)19-6-2-5-18-12/h3-4,7-9H,2,5-6H2,1H3. The molecule has 3 rings (SSSR count). The zero-order valence-corrected chi connectivity index (χ0v) is 10.6. The van der Waals surface area contributed by atoms with Crippen molar-refractivity contribution in [2.45, 2.75) is 6.42 Å². The van der Waals surface area contributed by atoms with Crippen LogP contribution in [0, 0.1) is 0 Å². The SMILES string of the molecule is Cn1cnc(-c2ccc3c(c2)OCCCO3)c1C=O. The van der Waals surface area contributed by atoms with E-state index in [1.807, 2.05) is 18.2 Å². The lowest BCUT2D eigenvalue weighted by Crippen LogP contribution is -1.97. The molecule has 0 radical (unpaired) electrons. The number of carbonyl (C=O) groups is 1. The van der Waals surface area contributed by atoms with Gasteiger partial charge in [-0.15, -0.1) is 0 Å². The number of fused-ring (bicyclic) bond motifs is 1. The van der Waals surface area contributed by atoms with Crippen LogP contribution in [0.2, 0.25) is 0 Å². The van der Waals surface area contributed by atoms with E-state index in [1.165, 1.54) is 0 Å². The van der Waals surface area contributed by atoms with Gasteiger partial charge < -0.3 is 14.0 Å². The molecular formula is C14H14N2O3. The fourth-order valence-corrected chi connectivity index (χ4v) is 2.11. The zero-order chi connectivity index (χ0) is 13.2. The molecule has 0 aliphatic carbocycles. The Hall–Kier alpha value is -2.30. The van der Waals surface area contributed by atoms with Gasteiger partial charge in [0.25, 0.3) is 0 Å². The highest BCUT2D eigenvalue weighted by molar-refractivity contribution is 5.84. The molecule has 19 heavy (non-hydrogen) atoms. The molecule has 0 saturated heterocycles. The van der Waals surface area contributed by atoms with E-state index in [0.717, 1.165) is 24.0 Å². The highest BCUT2D eigenvalue weighted by Crippen LogP contribution is 2.34. The lowest BCUT2D eigenvalue weighted by molar-refractivity contribution is 0.111. The van der Waals surface area contributed by atoms with E-state index >= 15 is 0 Å². The summed E-state index contributed by atoms with van der Waals surface area (Å²) in [6.45, 7) is 1.30. The lowest BCUT2D eigenvalue weighted by Gasteiger charge is -2.08. The van der Waals surface area contributed by atoms with Crippen LogP contribution >= 0.6 is 0 Å². The molecule has 2 aromatic rings. The molecule has 1 aromatic carbocycles. The van der Waals surface area contributed by atoms with Gasteiger partial charge in [0.2, 0.25) is 0 Å². The maximum absolute atomic E-state index is 11.1. The molecule has 98 valence electrons. The van der Waals surface area contributed by atoms with Crippen molar-refractivity contribution in [3.8, 4) is 22.8 Å². The van der Waals surface area contributed by atoms with Crippen molar-refractivity contribution >= 4 is 6.29 Å². The number of carbonyl (C=O) groups excluding carboxylic acids is 1. The van der Waals surface area contributed by atoms with Crippen LogP contribution in [0.25, 0.3) is 11.3 Å². The van der Waals surface area contributed by atoms with Crippen LogP contribution in [-0.2, 0) is 7.05 Å². The van der Waals surface area contributed by atoms with Crippen LogP contribution in [0.5, 0.6) is 11.5 Å². The maximum Gasteiger partial charge on any atom is 0.168 e. The van der Waals surface area contributed by atoms with E-state index < -0.39 is 0 Å². The predicted molar refractivity (Wildman–Crippen MR) is 69.6 cm³/mol. The molecule has 1 aromatic heterocycles. The van der Waals surface area contributed by atoms with E-state index in [4.69, 9.17) is 9.47 Å². The van der Waals surface area contributed by atoms with Gasteiger partial charge >= 0.3 is 0 Å². The van der Waals surface area contributed by atoms with Gasteiger partial charge in [-0.1, -0.05) is 0 Å². The van der Waals surface area contributed by atoms with Crippen molar-refractivity contribution in [2.75, 3.05) is 13.2 Å². The number of hydrogen-bond acceptors (Lipinski definition) is 4. The second-order valence-electron chi connectivity index (χ2n) is 4.42.